The molecule has 2 aromatic carbocycles. The van der Waals surface area contributed by atoms with Crippen molar-refractivity contribution >= 4 is 11.6 Å². The molecule has 0 aliphatic heterocycles. The summed E-state index contributed by atoms with van der Waals surface area (Å²) in [7, 11) is 1.50. The third-order valence-corrected chi connectivity index (χ3v) is 2.90. The van der Waals surface area contributed by atoms with Gasteiger partial charge in [-0.05, 0) is 17.7 Å². The number of methoxy groups -OCH3 is 1. The number of carbonyl (C=O) groups excluding carboxylic acids is 1. The van der Waals surface area contributed by atoms with Crippen LogP contribution in [-0.4, -0.2) is 18.1 Å². The van der Waals surface area contributed by atoms with Gasteiger partial charge in [-0.1, -0.05) is 30.3 Å². The zero-order valence-corrected chi connectivity index (χ0v) is 11.0. The van der Waals surface area contributed by atoms with Gasteiger partial charge in [0, 0.05) is 6.07 Å². The van der Waals surface area contributed by atoms with Crippen molar-refractivity contribution in [1.29, 1.82) is 0 Å². The molecule has 5 heteroatoms. The highest BCUT2D eigenvalue weighted by Crippen LogP contribution is 2.28. The van der Waals surface area contributed by atoms with E-state index in [0.29, 0.717) is 17.0 Å². The van der Waals surface area contributed by atoms with Crippen LogP contribution in [-0.2, 0) is 4.79 Å². The molecule has 0 aliphatic carbocycles. The molecule has 0 bridgehead atoms. The van der Waals surface area contributed by atoms with Crippen LogP contribution in [0.2, 0.25) is 0 Å². The van der Waals surface area contributed by atoms with Crippen molar-refractivity contribution in [3.05, 3.63) is 54.1 Å². The Hall–Kier alpha value is -2.53. The molecule has 1 atom stereocenters. The predicted octanol–water partition coefficient (Wildman–Crippen LogP) is 2.04. The molecule has 5 nitrogen and oxygen atoms in total. The number of nitrogens with two attached hydrogens (primary N) is 1. The first-order chi connectivity index (χ1) is 9.61. The molecule has 1 amide bonds. The maximum atomic E-state index is 12.0. The molecule has 0 aromatic heterocycles. The van der Waals surface area contributed by atoms with Crippen molar-refractivity contribution in [3.63, 3.8) is 0 Å². The first-order valence-electron chi connectivity index (χ1n) is 6.10. The molecule has 0 heterocycles. The Labute approximate surface area is 117 Å². The van der Waals surface area contributed by atoms with Crippen LogP contribution in [0.15, 0.2) is 48.5 Å². The molecule has 0 aliphatic rings. The Balaban J connectivity index is 2.12. The Morgan fingerprint density at radius 1 is 1.25 bits per heavy atom. The number of phenols is 1. The largest absolute Gasteiger partial charge is 0.506 e. The van der Waals surface area contributed by atoms with E-state index < -0.39 is 11.9 Å². The second-order valence-electron chi connectivity index (χ2n) is 4.26. The van der Waals surface area contributed by atoms with E-state index in [4.69, 9.17) is 10.5 Å². The zero-order valence-electron chi connectivity index (χ0n) is 11.0. The number of carbonyl (C=O) groups is 1. The topological polar surface area (TPSA) is 84.6 Å². The third-order valence-electron chi connectivity index (χ3n) is 2.90. The molecule has 0 saturated heterocycles. The number of hydrogen-bond donors (Lipinski definition) is 3. The number of anilines is 1. The number of amides is 1. The SMILES string of the molecule is COc1ccc(NC(=O)[C@@H](N)c2ccccc2)c(O)c1. The average Bonchev–Trinajstić information content (AvgIpc) is 2.49. The molecular weight excluding hydrogens is 256 g/mol. The first-order valence-corrected chi connectivity index (χ1v) is 6.10. The van der Waals surface area contributed by atoms with Crippen molar-refractivity contribution in [3.8, 4) is 11.5 Å². The van der Waals surface area contributed by atoms with E-state index in [-0.39, 0.29) is 5.75 Å². The first kappa shape index (κ1) is 13.9. The maximum Gasteiger partial charge on any atom is 0.245 e. The van der Waals surface area contributed by atoms with Gasteiger partial charge < -0.3 is 20.9 Å². The van der Waals surface area contributed by atoms with Crippen LogP contribution < -0.4 is 15.8 Å². The lowest BCUT2D eigenvalue weighted by Gasteiger charge is -2.13. The van der Waals surface area contributed by atoms with Gasteiger partial charge in [-0.15, -0.1) is 0 Å². The summed E-state index contributed by atoms with van der Waals surface area (Å²) < 4.78 is 4.97. The summed E-state index contributed by atoms with van der Waals surface area (Å²) in [5.41, 5.74) is 6.87. The van der Waals surface area contributed by atoms with E-state index >= 15 is 0 Å². The number of ether oxygens (including phenoxy) is 1. The van der Waals surface area contributed by atoms with Gasteiger partial charge in [0.2, 0.25) is 5.91 Å². The lowest BCUT2D eigenvalue weighted by atomic mass is 10.1. The molecule has 104 valence electrons. The summed E-state index contributed by atoms with van der Waals surface area (Å²) in [6, 6.07) is 12.9. The van der Waals surface area contributed by atoms with Crippen LogP contribution >= 0.6 is 0 Å². The van der Waals surface area contributed by atoms with Gasteiger partial charge >= 0.3 is 0 Å². The third kappa shape index (κ3) is 3.07. The van der Waals surface area contributed by atoms with Crippen LogP contribution in [0.4, 0.5) is 5.69 Å². The van der Waals surface area contributed by atoms with Crippen molar-refractivity contribution in [2.24, 2.45) is 5.73 Å². The molecule has 0 unspecified atom stereocenters. The summed E-state index contributed by atoms with van der Waals surface area (Å²) in [5.74, 6) is 0.0440. The quantitative estimate of drug-likeness (QED) is 0.744. The van der Waals surface area contributed by atoms with Crippen LogP contribution in [0, 0.1) is 0 Å². The van der Waals surface area contributed by atoms with Crippen LogP contribution in [0.3, 0.4) is 0 Å². The van der Waals surface area contributed by atoms with E-state index in [0.717, 1.165) is 0 Å². The van der Waals surface area contributed by atoms with Crippen LogP contribution in [0.1, 0.15) is 11.6 Å². The molecule has 0 spiro atoms. The van der Waals surface area contributed by atoms with Crippen molar-refractivity contribution in [2.75, 3.05) is 12.4 Å². The number of hydrogen-bond acceptors (Lipinski definition) is 4. The van der Waals surface area contributed by atoms with Gasteiger partial charge in [0.25, 0.3) is 0 Å². The molecule has 2 rings (SSSR count). The van der Waals surface area contributed by atoms with Gasteiger partial charge in [-0.25, -0.2) is 0 Å². The average molecular weight is 272 g/mol. The fourth-order valence-corrected chi connectivity index (χ4v) is 1.77. The minimum absolute atomic E-state index is 0.0713. The molecule has 2 aromatic rings. The van der Waals surface area contributed by atoms with Crippen molar-refractivity contribution < 1.29 is 14.6 Å². The molecule has 20 heavy (non-hydrogen) atoms. The summed E-state index contributed by atoms with van der Waals surface area (Å²) in [4.78, 5) is 12.0. The second kappa shape index (κ2) is 6.08. The van der Waals surface area contributed by atoms with Crippen molar-refractivity contribution in [1.82, 2.24) is 0 Å². The van der Waals surface area contributed by atoms with Crippen LogP contribution in [0.5, 0.6) is 11.5 Å². The Morgan fingerprint density at radius 3 is 2.55 bits per heavy atom. The second-order valence-corrected chi connectivity index (χ2v) is 4.26. The monoisotopic (exact) mass is 272 g/mol. The fraction of sp³-hybridized carbons (Fsp3) is 0.133. The molecular formula is C15H16N2O3. The number of phenolic OH excluding ortho intramolecular Hbond substituents is 1. The number of nitrogens with one attached hydrogen (secondary N) is 1. The normalized spacial score (nSPS) is 11.7. The molecule has 0 saturated carbocycles. The number of rotatable bonds is 4. The molecule has 0 fully saturated rings. The summed E-state index contributed by atoms with van der Waals surface area (Å²) in [5, 5.41) is 12.4. The summed E-state index contributed by atoms with van der Waals surface area (Å²) >= 11 is 0. The van der Waals surface area contributed by atoms with Gasteiger partial charge in [0.05, 0.1) is 12.8 Å². The lowest BCUT2D eigenvalue weighted by molar-refractivity contribution is -0.117. The minimum atomic E-state index is -0.794. The fourth-order valence-electron chi connectivity index (χ4n) is 1.77. The Kier molecular flexibility index (Phi) is 4.22. The zero-order chi connectivity index (χ0) is 14.5. The highest BCUT2D eigenvalue weighted by atomic mass is 16.5. The van der Waals surface area contributed by atoms with E-state index in [1.807, 2.05) is 18.2 Å². The van der Waals surface area contributed by atoms with E-state index in [9.17, 15) is 9.90 Å². The van der Waals surface area contributed by atoms with Gasteiger partial charge in [-0.2, -0.15) is 0 Å². The minimum Gasteiger partial charge on any atom is -0.506 e. The molecule has 4 N–H and O–H groups in total. The Morgan fingerprint density at radius 2 is 1.95 bits per heavy atom. The maximum absolute atomic E-state index is 12.0. The number of aromatic hydroxyl groups is 1. The van der Waals surface area contributed by atoms with E-state index in [1.54, 1.807) is 24.3 Å². The van der Waals surface area contributed by atoms with Crippen LogP contribution in [0.25, 0.3) is 0 Å². The Bertz CT molecular complexity index is 599. The van der Waals surface area contributed by atoms with Gasteiger partial charge in [0.1, 0.15) is 17.5 Å². The number of benzene rings is 2. The summed E-state index contributed by atoms with van der Waals surface area (Å²) in [6.45, 7) is 0. The van der Waals surface area contributed by atoms with E-state index in [1.165, 1.54) is 13.2 Å². The summed E-state index contributed by atoms with van der Waals surface area (Å²) in [6.07, 6.45) is 0. The van der Waals surface area contributed by atoms with Gasteiger partial charge in [-0.3, -0.25) is 4.79 Å². The van der Waals surface area contributed by atoms with Gasteiger partial charge in [0.15, 0.2) is 0 Å². The highest BCUT2D eigenvalue weighted by molar-refractivity contribution is 5.96. The highest BCUT2D eigenvalue weighted by Gasteiger charge is 2.16. The van der Waals surface area contributed by atoms with Crippen molar-refractivity contribution in [2.45, 2.75) is 6.04 Å². The smallest absolute Gasteiger partial charge is 0.245 e. The predicted molar refractivity (Wildman–Crippen MR) is 76.7 cm³/mol. The standard InChI is InChI=1S/C15H16N2O3/c1-20-11-7-8-12(13(18)9-11)17-15(19)14(16)10-5-3-2-4-6-10/h2-9,14,18H,16H2,1H3,(H,17,19)/t14-/m0/s1. The van der Waals surface area contributed by atoms with E-state index in [2.05, 4.69) is 5.32 Å². The lowest BCUT2D eigenvalue weighted by Crippen LogP contribution is -2.27. The molecule has 0 radical (unpaired) electrons.